The fourth-order valence-corrected chi connectivity index (χ4v) is 7.92. The number of carbonyl (C=O) groups is 6. The lowest BCUT2D eigenvalue weighted by molar-refractivity contribution is -0.144. The van der Waals surface area contributed by atoms with Crippen molar-refractivity contribution in [3.63, 3.8) is 0 Å². The van der Waals surface area contributed by atoms with Gasteiger partial charge in [-0.2, -0.15) is 0 Å². The molecule has 3 aliphatic rings. The van der Waals surface area contributed by atoms with Crippen LogP contribution in [0.15, 0.2) is 85.1 Å². The molecule has 3 fully saturated rings. The smallest absolute Gasteiger partial charge is 0.246 e. The van der Waals surface area contributed by atoms with Crippen molar-refractivity contribution in [1.29, 1.82) is 0 Å². The lowest BCUT2D eigenvalue weighted by atomic mass is 10.0. The Labute approximate surface area is 318 Å². The maximum Gasteiger partial charge on any atom is 0.246 e. The largest absolute Gasteiger partial charge is 0.508 e. The molecule has 7 rings (SSSR count). The van der Waals surface area contributed by atoms with Crippen LogP contribution in [0.3, 0.4) is 0 Å². The first kappa shape index (κ1) is 37.1. The first-order valence-electron chi connectivity index (χ1n) is 18.8. The molecule has 0 spiro atoms. The lowest BCUT2D eigenvalue weighted by Gasteiger charge is -2.32. The van der Waals surface area contributed by atoms with Gasteiger partial charge in [-0.05, 0) is 60.6 Å². The van der Waals surface area contributed by atoms with Gasteiger partial charge in [0.1, 0.15) is 36.0 Å². The first-order chi connectivity index (χ1) is 26.6. The zero-order valence-corrected chi connectivity index (χ0v) is 30.3. The molecule has 5 unspecified atom stereocenters. The minimum atomic E-state index is -1.15. The van der Waals surface area contributed by atoms with Gasteiger partial charge in [-0.3, -0.25) is 28.8 Å². The van der Waals surface area contributed by atoms with Crippen molar-refractivity contribution >= 4 is 46.3 Å². The molecule has 6 N–H and O–H groups in total. The molecule has 3 aromatic carbocycles. The monoisotopic (exact) mass is 747 g/mol. The number of para-hydroxylation sites is 1. The summed E-state index contributed by atoms with van der Waals surface area (Å²) in [6.07, 6.45) is 3.86. The van der Waals surface area contributed by atoms with Crippen molar-refractivity contribution in [2.24, 2.45) is 0 Å². The summed E-state index contributed by atoms with van der Waals surface area (Å²) in [7, 11) is 0. The van der Waals surface area contributed by atoms with Crippen LogP contribution in [-0.4, -0.2) is 105 Å². The van der Waals surface area contributed by atoms with Crippen LogP contribution >= 0.6 is 0 Å². The zero-order valence-electron chi connectivity index (χ0n) is 30.3. The third kappa shape index (κ3) is 8.48. The Morgan fingerprint density at radius 2 is 1.18 bits per heavy atom. The van der Waals surface area contributed by atoms with Gasteiger partial charge in [-0.15, -0.1) is 0 Å². The topological polar surface area (TPSA) is 193 Å². The number of phenols is 1. The number of fused-ring (bicyclic) bond motifs is 3. The van der Waals surface area contributed by atoms with E-state index >= 15 is 0 Å². The van der Waals surface area contributed by atoms with Crippen molar-refractivity contribution < 1.29 is 33.9 Å². The van der Waals surface area contributed by atoms with Gasteiger partial charge in [0.2, 0.25) is 35.4 Å². The number of aromatic nitrogens is 1. The summed E-state index contributed by atoms with van der Waals surface area (Å²) in [5, 5.41) is 22.0. The number of carbonyl (C=O) groups excluding carboxylic acids is 6. The van der Waals surface area contributed by atoms with Crippen molar-refractivity contribution in [3.8, 4) is 5.75 Å². The average Bonchev–Trinajstić information content (AvgIpc) is 3.97. The molecule has 0 bridgehead atoms. The second-order valence-electron chi connectivity index (χ2n) is 14.5. The Balaban J connectivity index is 1.23. The van der Waals surface area contributed by atoms with Crippen LogP contribution in [0.5, 0.6) is 5.75 Å². The highest BCUT2D eigenvalue weighted by Gasteiger charge is 2.42. The van der Waals surface area contributed by atoms with E-state index in [1.54, 1.807) is 18.3 Å². The molecule has 4 heterocycles. The number of nitrogens with one attached hydrogen (secondary N) is 5. The molecule has 14 heteroatoms. The van der Waals surface area contributed by atoms with Crippen LogP contribution in [0.4, 0.5) is 0 Å². The third-order valence-electron chi connectivity index (χ3n) is 10.7. The van der Waals surface area contributed by atoms with Crippen LogP contribution in [0.1, 0.15) is 42.4 Å². The van der Waals surface area contributed by atoms with E-state index in [-0.39, 0.29) is 38.1 Å². The second kappa shape index (κ2) is 16.5. The summed E-state index contributed by atoms with van der Waals surface area (Å²) in [6, 6.07) is 17.9. The maximum atomic E-state index is 14.5. The van der Waals surface area contributed by atoms with Crippen LogP contribution in [0.25, 0.3) is 10.9 Å². The first-order valence-corrected chi connectivity index (χ1v) is 18.8. The molecule has 1 aromatic heterocycles. The number of phenolic OH excluding ortho intramolecular Hbond substituents is 1. The molecule has 3 saturated heterocycles. The Morgan fingerprint density at radius 3 is 1.89 bits per heavy atom. The van der Waals surface area contributed by atoms with Crippen molar-refractivity contribution in [2.45, 2.75) is 75.2 Å². The van der Waals surface area contributed by atoms with E-state index in [9.17, 15) is 33.9 Å². The lowest BCUT2D eigenvalue weighted by Crippen LogP contribution is -2.60. The van der Waals surface area contributed by atoms with Gasteiger partial charge < -0.3 is 41.2 Å². The summed E-state index contributed by atoms with van der Waals surface area (Å²) in [5.41, 5.74) is 3.08. The van der Waals surface area contributed by atoms with E-state index in [2.05, 4.69) is 26.3 Å². The Kier molecular flexibility index (Phi) is 11.1. The number of amides is 6. The molecule has 6 amide bonds. The number of hydrogen-bond acceptors (Lipinski definition) is 7. The van der Waals surface area contributed by atoms with Gasteiger partial charge >= 0.3 is 0 Å². The normalized spacial score (nSPS) is 24.3. The van der Waals surface area contributed by atoms with Gasteiger partial charge in [0.15, 0.2) is 0 Å². The van der Waals surface area contributed by atoms with Crippen molar-refractivity contribution in [1.82, 2.24) is 36.1 Å². The summed E-state index contributed by atoms with van der Waals surface area (Å²) in [4.78, 5) is 90.4. The predicted molar refractivity (Wildman–Crippen MR) is 202 cm³/mol. The van der Waals surface area contributed by atoms with E-state index in [0.717, 1.165) is 22.0 Å². The molecule has 3 aliphatic heterocycles. The van der Waals surface area contributed by atoms with E-state index in [1.807, 2.05) is 54.6 Å². The summed E-state index contributed by atoms with van der Waals surface area (Å²) < 4.78 is 0. The van der Waals surface area contributed by atoms with Crippen molar-refractivity contribution in [3.05, 3.63) is 102 Å². The van der Waals surface area contributed by atoms with Gasteiger partial charge in [0.05, 0.1) is 6.54 Å². The van der Waals surface area contributed by atoms with Gasteiger partial charge in [-0.25, -0.2) is 0 Å². The third-order valence-corrected chi connectivity index (χ3v) is 10.7. The van der Waals surface area contributed by atoms with Gasteiger partial charge in [0, 0.05) is 49.5 Å². The van der Waals surface area contributed by atoms with E-state index in [4.69, 9.17) is 0 Å². The fourth-order valence-electron chi connectivity index (χ4n) is 7.92. The molecule has 4 aromatic rings. The average molecular weight is 748 g/mol. The number of H-pyrrole nitrogens is 1. The fraction of sp³-hybridized carbons (Fsp3) is 0.366. The highest BCUT2D eigenvalue weighted by atomic mass is 16.3. The number of benzene rings is 3. The number of nitrogens with zero attached hydrogens (tertiary/aromatic N) is 2. The Morgan fingerprint density at radius 1 is 0.600 bits per heavy atom. The molecule has 0 radical (unpaired) electrons. The van der Waals surface area contributed by atoms with Crippen LogP contribution in [-0.2, 0) is 48.0 Å². The highest BCUT2D eigenvalue weighted by molar-refractivity contribution is 5.98. The van der Waals surface area contributed by atoms with Gasteiger partial charge in [0.25, 0.3) is 0 Å². The minimum absolute atomic E-state index is 0.0369. The Bertz CT molecular complexity index is 2070. The molecule has 5 atom stereocenters. The summed E-state index contributed by atoms with van der Waals surface area (Å²) >= 11 is 0. The molecule has 0 aliphatic carbocycles. The molecular weight excluding hydrogens is 702 g/mol. The minimum Gasteiger partial charge on any atom is -0.508 e. The van der Waals surface area contributed by atoms with Crippen molar-refractivity contribution in [2.75, 3.05) is 19.6 Å². The SMILES string of the molecule is O=C1CNC(=O)C2CCCN2C(=O)C(Cc2c[nH]c3ccccc23)NC(=O)C2CCCN2C(=O)C(Cc2ccc(O)cc2)NC(=O)C(Cc2ccccc2)N1. The molecule has 0 saturated carbocycles. The quantitative estimate of drug-likeness (QED) is 0.172. The van der Waals surface area contributed by atoms with E-state index in [1.165, 1.54) is 21.9 Å². The second-order valence-corrected chi connectivity index (χ2v) is 14.5. The van der Waals surface area contributed by atoms with Gasteiger partial charge in [-0.1, -0.05) is 60.7 Å². The Hall–Kier alpha value is -6.18. The standard InChI is InChI=1S/C41H45N7O7/c49-28-16-14-26(15-17-28)21-32-40(54)48-19-7-13-35(48)39(53)46-33(22-27-23-42-30-11-5-4-10-29(27)30)41(55)47-18-6-12-34(47)38(52)43-24-36(50)44-31(37(51)45-32)20-25-8-2-1-3-9-25/h1-5,8-11,14-17,23,31-35,42,49H,6-7,12-13,18-22,24H2,(H,43,52)(H,44,50)(H,45,51)(H,46,53). The number of hydrogen-bond donors (Lipinski definition) is 6. The number of aromatic hydroxyl groups is 1. The number of rotatable bonds is 6. The summed E-state index contributed by atoms with van der Waals surface area (Å²) in [6.45, 7) is 0.0882. The molecule has 286 valence electrons. The van der Waals surface area contributed by atoms with E-state index < -0.39 is 72.2 Å². The molecular formula is C41H45N7O7. The van der Waals surface area contributed by atoms with Crippen LogP contribution in [0.2, 0.25) is 0 Å². The number of aromatic amines is 1. The maximum absolute atomic E-state index is 14.5. The summed E-state index contributed by atoms with van der Waals surface area (Å²) in [5.74, 6) is -3.14. The molecule has 14 nitrogen and oxygen atoms in total. The van der Waals surface area contributed by atoms with E-state index in [0.29, 0.717) is 31.2 Å². The predicted octanol–water partition coefficient (Wildman–Crippen LogP) is 1.47. The molecule has 55 heavy (non-hydrogen) atoms. The van der Waals surface area contributed by atoms with Crippen LogP contribution in [0, 0.1) is 0 Å². The van der Waals surface area contributed by atoms with Crippen LogP contribution < -0.4 is 21.3 Å². The zero-order chi connectivity index (χ0) is 38.5. The highest BCUT2D eigenvalue weighted by Crippen LogP contribution is 2.25.